The van der Waals surface area contributed by atoms with E-state index in [4.69, 9.17) is 0 Å². The molecule has 0 aliphatic carbocycles. The fourth-order valence-electron chi connectivity index (χ4n) is 1.14. The molecule has 0 amide bonds. The van der Waals surface area contributed by atoms with Crippen molar-refractivity contribution in [3.63, 3.8) is 0 Å². The lowest BCUT2D eigenvalue weighted by molar-refractivity contribution is -0.0888. The van der Waals surface area contributed by atoms with Crippen molar-refractivity contribution in [1.29, 1.82) is 0 Å². The first-order valence-corrected chi connectivity index (χ1v) is 4.48. The smallest absolute Gasteiger partial charge is 0.0693 e. The van der Waals surface area contributed by atoms with Crippen LogP contribution in [-0.2, 0) is 0 Å². The van der Waals surface area contributed by atoms with Crippen molar-refractivity contribution in [2.75, 3.05) is 0 Å². The van der Waals surface area contributed by atoms with E-state index >= 15 is 0 Å². The van der Waals surface area contributed by atoms with Crippen molar-refractivity contribution in [2.45, 2.75) is 53.6 Å². The van der Waals surface area contributed by atoms with Crippen LogP contribution in [0.3, 0.4) is 0 Å². The van der Waals surface area contributed by atoms with Gasteiger partial charge in [-0.3, -0.25) is 0 Å². The minimum absolute atomic E-state index is 0.0150. The zero-order chi connectivity index (χ0) is 9.28. The summed E-state index contributed by atoms with van der Waals surface area (Å²) in [4.78, 5) is 0. The molecule has 0 fully saturated rings. The summed E-state index contributed by atoms with van der Waals surface area (Å²) in [6.45, 7) is 12.4. The monoisotopic (exact) mass is 158 g/mol. The zero-order valence-corrected chi connectivity index (χ0v) is 8.73. The van der Waals surface area contributed by atoms with Gasteiger partial charge in [0.05, 0.1) is 5.60 Å². The fraction of sp³-hybridized carbons (Fsp3) is 1.00. The predicted octanol–water partition coefficient (Wildman–Crippen LogP) is 2.83. The van der Waals surface area contributed by atoms with Gasteiger partial charge in [0, 0.05) is 0 Å². The van der Waals surface area contributed by atoms with Gasteiger partial charge in [0.25, 0.3) is 0 Å². The SMILES string of the molecule is CCC(C)(C)[C@@](C)(O)C(C)C. The number of rotatable bonds is 3. The summed E-state index contributed by atoms with van der Waals surface area (Å²) < 4.78 is 0. The summed E-state index contributed by atoms with van der Waals surface area (Å²) in [5, 5.41) is 10.1. The minimum atomic E-state index is -0.554. The van der Waals surface area contributed by atoms with Gasteiger partial charge in [-0.1, -0.05) is 34.6 Å². The van der Waals surface area contributed by atoms with Crippen LogP contribution in [-0.4, -0.2) is 10.7 Å². The first-order chi connectivity index (χ1) is 4.75. The van der Waals surface area contributed by atoms with E-state index in [1.165, 1.54) is 0 Å². The molecule has 1 nitrogen and oxygen atoms in total. The number of hydrogen-bond donors (Lipinski definition) is 1. The number of aliphatic hydroxyl groups is 1. The highest BCUT2D eigenvalue weighted by Gasteiger charge is 2.40. The number of hydrogen-bond acceptors (Lipinski definition) is 1. The second-order valence-corrected chi connectivity index (χ2v) is 4.54. The molecule has 0 aliphatic rings. The predicted molar refractivity (Wildman–Crippen MR) is 49.5 cm³/mol. The van der Waals surface area contributed by atoms with E-state index in [1.807, 2.05) is 6.92 Å². The topological polar surface area (TPSA) is 20.2 Å². The second kappa shape index (κ2) is 3.14. The average molecular weight is 158 g/mol. The molecule has 1 atom stereocenters. The van der Waals surface area contributed by atoms with E-state index in [2.05, 4.69) is 34.6 Å². The van der Waals surface area contributed by atoms with Gasteiger partial charge in [-0.25, -0.2) is 0 Å². The maximum absolute atomic E-state index is 10.1. The summed E-state index contributed by atoms with van der Waals surface area (Å²) in [5.41, 5.74) is -0.539. The van der Waals surface area contributed by atoms with Gasteiger partial charge >= 0.3 is 0 Å². The van der Waals surface area contributed by atoms with Crippen molar-refractivity contribution >= 4 is 0 Å². The van der Waals surface area contributed by atoms with Gasteiger partial charge in [-0.05, 0) is 24.7 Å². The van der Waals surface area contributed by atoms with E-state index in [1.54, 1.807) is 0 Å². The Hall–Kier alpha value is -0.0400. The highest BCUT2D eigenvalue weighted by Crippen LogP contribution is 2.38. The lowest BCUT2D eigenvalue weighted by Crippen LogP contribution is -2.45. The van der Waals surface area contributed by atoms with Gasteiger partial charge in [-0.2, -0.15) is 0 Å². The summed E-state index contributed by atoms with van der Waals surface area (Å²) in [7, 11) is 0. The Labute approximate surface area is 70.8 Å². The first-order valence-electron chi connectivity index (χ1n) is 4.48. The third-order valence-electron chi connectivity index (χ3n) is 3.38. The Morgan fingerprint density at radius 2 is 1.55 bits per heavy atom. The third kappa shape index (κ3) is 1.96. The van der Waals surface area contributed by atoms with Crippen molar-refractivity contribution in [3.05, 3.63) is 0 Å². The summed E-state index contributed by atoms with van der Waals surface area (Å²) >= 11 is 0. The fourth-order valence-corrected chi connectivity index (χ4v) is 1.14. The van der Waals surface area contributed by atoms with Crippen LogP contribution < -0.4 is 0 Å². The zero-order valence-electron chi connectivity index (χ0n) is 8.73. The Morgan fingerprint density at radius 3 is 1.64 bits per heavy atom. The van der Waals surface area contributed by atoms with Gasteiger partial charge in [0.1, 0.15) is 0 Å². The molecule has 0 aromatic rings. The largest absolute Gasteiger partial charge is 0.389 e. The van der Waals surface area contributed by atoms with Crippen LogP contribution in [0.1, 0.15) is 48.0 Å². The highest BCUT2D eigenvalue weighted by molar-refractivity contribution is 4.90. The highest BCUT2D eigenvalue weighted by atomic mass is 16.3. The van der Waals surface area contributed by atoms with Crippen molar-refractivity contribution in [2.24, 2.45) is 11.3 Å². The quantitative estimate of drug-likeness (QED) is 0.669. The molecule has 0 unspecified atom stereocenters. The van der Waals surface area contributed by atoms with Gasteiger partial charge in [0.15, 0.2) is 0 Å². The van der Waals surface area contributed by atoms with E-state index in [9.17, 15) is 5.11 Å². The maximum Gasteiger partial charge on any atom is 0.0693 e. The molecule has 0 aromatic carbocycles. The molecule has 68 valence electrons. The van der Waals surface area contributed by atoms with Crippen LogP contribution in [0.4, 0.5) is 0 Å². The average Bonchev–Trinajstić information content (AvgIpc) is 1.87. The van der Waals surface area contributed by atoms with Gasteiger partial charge in [-0.15, -0.1) is 0 Å². The molecular formula is C10H22O. The molecule has 0 saturated heterocycles. The van der Waals surface area contributed by atoms with Crippen LogP contribution in [0, 0.1) is 11.3 Å². The Morgan fingerprint density at radius 1 is 1.18 bits per heavy atom. The second-order valence-electron chi connectivity index (χ2n) is 4.54. The van der Waals surface area contributed by atoms with Crippen molar-refractivity contribution in [1.82, 2.24) is 0 Å². The Kier molecular flexibility index (Phi) is 3.13. The maximum atomic E-state index is 10.1. The van der Waals surface area contributed by atoms with E-state index in [0.717, 1.165) is 6.42 Å². The molecule has 11 heavy (non-hydrogen) atoms. The normalized spacial score (nSPS) is 18.5. The molecule has 1 heteroatoms. The first kappa shape index (κ1) is 11.0. The van der Waals surface area contributed by atoms with E-state index in [-0.39, 0.29) is 5.41 Å². The van der Waals surface area contributed by atoms with Crippen LogP contribution in [0.5, 0.6) is 0 Å². The molecule has 1 N–H and O–H groups in total. The van der Waals surface area contributed by atoms with Crippen molar-refractivity contribution < 1.29 is 5.11 Å². The molecule has 0 radical (unpaired) electrons. The Bertz CT molecular complexity index is 123. The molecule has 0 spiro atoms. The van der Waals surface area contributed by atoms with Crippen LogP contribution >= 0.6 is 0 Å². The lowest BCUT2D eigenvalue weighted by Gasteiger charge is -2.42. The summed E-state index contributed by atoms with van der Waals surface area (Å²) in [6, 6.07) is 0. The standard InChI is InChI=1S/C10H22O/c1-7-9(4,5)10(6,11)8(2)3/h8,11H,7H2,1-6H3/t10-/m0/s1. The molecule has 0 aliphatic heterocycles. The van der Waals surface area contributed by atoms with E-state index in [0.29, 0.717) is 5.92 Å². The summed E-state index contributed by atoms with van der Waals surface area (Å²) in [6.07, 6.45) is 1.01. The summed E-state index contributed by atoms with van der Waals surface area (Å²) in [5.74, 6) is 0.317. The van der Waals surface area contributed by atoms with Crippen LogP contribution in [0.2, 0.25) is 0 Å². The molecule has 0 aromatic heterocycles. The molecule has 0 heterocycles. The van der Waals surface area contributed by atoms with Gasteiger partial charge < -0.3 is 5.11 Å². The van der Waals surface area contributed by atoms with E-state index < -0.39 is 5.60 Å². The molecule has 0 bridgehead atoms. The van der Waals surface area contributed by atoms with Crippen LogP contribution in [0.15, 0.2) is 0 Å². The third-order valence-corrected chi connectivity index (χ3v) is 3.38. The van der Waals surface area contributed by atoms with Crippen LogP contribution in [0.25, 0.3) is 0 Å². The molecule has 0 saturated carbocycles. The molecular weight excluding hydrogens is 136 g/mol. The van der Waals surface area contributed by atoms with Gasteiger partial charge in [0.2, 0.25) is 0 Å². The Balaban J connectivity index is 4.53. The van der Waals surface area contributed by atoms with Crippen molar-refractivity contribution in [3.8, 4) is 0 Å². The lowest BCUT2D eigenvalue weighted by atomic mass is 9.68. The minimum Gasteiger partial charge on any atom is -0.389 e. The molecule has 0 rings (SSSR count).